The lowest BCUT2D eigenvalue weighted by molar-refractivity contribution is -0.139. The third kappa shape index (κ3) is 5.59. The molecule has 0 heterocycles. The van der Waals surface area contributed by atoms with Crippen LogP contribution in [0.2, 0.25) is 0 Å². The fraction of sp³-hybridized carbons (Fsp3) is 0.417. The number of nitrogens with one attached hydrogen (secondary N) is 1. The van der Waals surface area contributed by atoms with Gasteiger partial charge in [-0.05, 0) is 49.3 Å². The van der Waals surface area contributed by atoms with Crippen molar-refractivity contribution in [3.8, 4) is 0 Å². The molecular formula is C24H31NO4. The molecule has 0 radical (unpaired) electrons. The first kappa shape index (κ1) is 22.5. The number of carbonyl (C=O) groups is 2. The second kappa shape index (κ2) is 11.2. The van der Waals surface area contributed by atoms with Crippen molar-refractivity contribution in [1.29, 1.82) is 0 Å². The van der Waals surface area contributed by atoms with Gasteiger partial charge in [0.1, 0.15) is 12.6 Å². The highest BCUT2D eigenvalue weighted by molar-refractivity contribution is 5.81. The highest BCUT2D eigenvalue weighted by Gasteiger charge is 2.31. The molecule has 2 aliphatic rings. The SMILES string of the molecule is C/C=C/C[C@H](NC(=O)OCC1C2=C(CC=CCC2)c2ccccc21)C(=O)O.CC. The van der Waals surface area contributed by atoms with Crippen LogP contribution in [-0.2, 0) is 9.53 Å². The number of fused-ring (bicyclic) bond motifs is 2. The van der Waals surface area contributed by atoms with E-state index in [4.69, 9.17) is 4.74 Å². The predicted octanol–water partition coefficient (Wildman–Crippen LogP) is 5.45. The lowest BCUT2D eigenvalue weighted by Gasteiger charge is -2.18. The molecule has 156 valence electrons. The van der Waals surface area contributed by atoms with E-state index in [9.17, 15) is 14.7 Å². The zero-order valence-corrected chi connectivity index (χ0v) is 17.5. The molecule has 2 atom stereocenters. The molecule has 0 spiro atoms. The lowest BCUT2D eigenvalue weighted by Crippen LogP contribution is -2.41. The summed E-state index contributed by atoms with van der Waals surface area (Å²) >= 11 is 0. The minimum Gasteiger partial charge on any atom is -0.480 e. The molecule has 0 aliphatic heterocycles. The number of carbonyl (C=O) groups excluding carboxylic acids is 1. The molecule has 29 heavy (non-hydrogen) atoms. The van der Waals surface area contributed by atoms with Crippen LogP contribution >= 0.6 is 0 Å². The van der Waals surface area contributed by atoms with Crippen LogP contribution in [0.5, 0.6) is 0 Å². The fourth-order valence-corrected chi connectivity index (χ4v) is 3.80. The highest BCUT2D eigenvalue weighted by Crippen LogP contribution is 2.46. The van der Waals surface area contributed by atoms with Crippen molar-refractivity contribution < 1.29 is 19.4 Å². The van der Waals surface area contributed by atoms with E-state index in [0.29, 0.717) is 0 Å². The van der Waals surface area contributed by atoms with E-state index in [1.54, 1.807) is 12.2 Å². The normalized spacial score (nSPS) is 18.2. The molecular weight excluding hydrogens is 366 g/mol. The van der Waals surface area contributed by atoms with Gasteiger partial charge in [-0.3, -0.25) is 0 Å². The number of hydrogen-bond acceptors (Lipinski definition) is 3. The molecule has 3 rings (SSSR count). The van der Waals surface area contributed by atoms with Gasteiger partial charge in [-0.2, -0.15) is 0 Å². The van der Waals surface area contributed by atoms with Gasteiger partial charge >= 0.3 is 12.1 Å². The van der Waals surface area contributed by atoms with E-state index in [0.717, 1.165) is 19.3 Å². The smallest absolute Gasteiger partial charge is 0.407 e. The van der Waals surface area contributed by atoms with Crippen LogP contribution in [0.15, 0.2) is 54.1 Å². The lowest BCUT2D eigenvalue weighted by atomic mass is 9.94. The van der Waals surface area contributed by atoms with Crippen LogP contribution in [0.3, 0.4) is 0 Å². The third-order valence-electron chi connectivity index (χ3n) is 5.12. The van der Waals surface area contributed by atoms with E-state index in [1.807, 2.05) is 32.9 Å². The van der Waals surface area contributed by atoms with Gasteiger partial charge < -0.3 is 15.2 Å². The summed E-state index contributed by atoms with van der Waals surface area (Å²) in [5.74, 6) is -1.03. The second-order valence-electron chi connectivity index (χ2n) is 6.80. The number of benzene rings is 1. The zero-order chi connectivity index (χ0) is 21.2. The molecule has 0 saturated carbocycles. The Morgan fingerprint density at radius 2 is 2.03 bits per heavy atom. The fourth-order valence-electron chi connectivity index (χ4n) is 3.80. The van der Waals surface area contributed by atoms with E-state index >= 15 is 0 Å². The second-order valence-corrected chi connectivity index (χ2v) is 6.80. The first-order chi connectivity index (χ1) is 14.1. The Hall–Kier alpha value is -2.82. The topological polar surface area (TPSA) is 75.6 Å². The molecule has 0 fully saturated rings. The minimum atomic E-state index is -1.07. The van der Waals surface area contributed by atoms with E-state index in [-0.39, 0.29) is 18.9 Å². The summed E-state index contributed by atoms with van der Waals surface area (Å²) in [5, 5.41) is 11.7. The maximum atomic E-state index is 12.2. The summed E-state index contributed by atoms with van der Waals surface area (Å²) in [6.45, 7) is 6.03. The molecule has 2 aliphatic carbocycles. The van der Waals surface area contributed by atoms with Gasteiger partial charge in [0.05, 0.1) is 0 Å². The molecule has 1 aromatic rings. The number of ether oxygens (including phenoxy) is 1. The molecule has 0 bridgehead atoms. The number of hydrogen-bond donors (Lipinski definition) is 2. The van der Waals surface area contributed by atoms with Crippen molar-refractivity contribution in [1.82, 2.24) is 5.32 Å². The zero-order valence-electron chi connectivity index (χ0n) is 17.5. The van der Waals surface area contributed by atoms with E-state index in [1.165, 1.54) is 22.3 Å². The van der Waals surface area contributed by atoms with Crippen LogP contribution < -0.4 is 5.32 Å². The quantitative estimate of drug-likeness (QED) is 0.626. The van der Waals surface area contributed by atoms with Crippen molar-refractivity contribution >= 4 is 17.6 Å². The van der Waals surface area contributed by atoms with Crippen molar-refractivity contribution in [2.45, 2.75) is 58.4 Å². The maximum absolute atomic E-state index is 12.2. The molecule has 5 heteroatoms. The van der Waals surface area contributed by atoms with Crippen molar-refractivity contribution in [2.75, 3.05) is 6.61 Å². The maximum Gasteiger partial charge on any atom is 0.407 e. The first-order valence-corrected chi connectivity index (χ1v) is 10.3. The largest absolute Gasteiger partial charge is 0.480 e. The van der Waals surface area contributed by atoms with Crippen LogP contribution in [-0.4, -0.2) is 29.8 Å². The molecule has 0 saturated heterocycles. The Bertz CT molecular complexity index is 807. The summed E-state index contributed by atoms with van der Waals surface area (Å²) in [5.41, 5.74) is 5.10. The van der Waals surface area contributed by atoms with Crippen LogP contribution in [0.4, 0.5) is 4.79 Å². The molecule has 0 aromatic heterocycles. The van der Waals surface area contributed by atoms with Gasteiger partial charge in [-0.25, -0.2) is 9.59 Å². The first-order valence-electron chi connectivity index (χ1n) is 10.3. The highest BCUT2D eigenvalue weighted by atomic mass is 16.5. The van der Waals surface area contributed by atoms with Crippen molar-refractivity contribution in [3.63, 3.8) is 0 Å². The molecule has 1 aromatic carbocycles. The van der Waals surface area contributed by atoms with Crippen molar-refractivity contribution in [2.24, 2.45) is 0 Å². The average molecular weight is 398 g/mol. The standard InChI is InChI=1S/C22H25NO4.C2H6/c1-2-3-13-20(21(24)25)23-22(26)27-14-19-17-10-6-4-5-9-15(17)16-11-7-8-12-18(16)19;1-2/h2-5,7-8,11-12,19-20H,6,9-10,13-14H2,1H3,(H,23,26)(H,24,25);1-2H3/b3-2+;/t19?,20-;/m0./s1. The number of alkyl carbamates (subject to hydrolysis) is 1. The Balaban J connectivity index is 0.00000145. The summed E-state index contributed by atoms with van der Waals surface area (Å²) in [6, 6.07) is 7.27. The van der Waals surface area contributed by atoms with E-state index in [2.05, 4.69) is 29.6 Å². The van der Waals surface area contributed by atoms with E-state index < -0.39 is 18.1 Å². The summed E-state index contributed by atoms with van der Waals surface area (Å²) < 4.78 is 5.44. The Kier molecular flexibility index (Phi) is 8.71. The van der Waals surface area contributed by atoms with Gasteiger partial charge in [-0.1, -0.05) is 68.0 Å². The Morgan fingerprint density at radius 1 is 1.28 bits per heavy atom. The number of aliphatic carboxylic acids is 1. The summed E-state index contributed by atoms with van der Waals surface area (Å²) in [7, 11) is 0. The van der Waals surface area contributed by atoms with Crippen LogP contribution in [0, 0.1) is 0 Å². The molecule has 1 unspecified atom stereocenters. The summed E-state index contributed by atoms with van der Waals surface area (Å²) in [6.07, 6.45) is 10.3. The Labute approximate surface area is 173 Å². The third-order valence-corrected chi connectivity index (χ3v) is 5.12. The number of carboxylic acids is 1. The van der Waals surface area contributed by atoms with Gasteiger partial charge in [0, 0.05) is 5.92 Å². The average Bonchev–Trinajstić information content (AvgIpc) is 2.86. The molecule has 1 amide bonds. The van der Waals surface area contributed by atoms with Crippen LogP contribution in [0.25, 0.3) is 5.57 Å². The molecule has 2 N–H and O–H groups in total. The Morgan fingerprint density at radius 3 is 2.76 bits per heavy atom. The number of rotatable bonds is 6. The number of allylic oxidation sites excluding steroid dienone is 4. The van der Waals surface area contributed by atoms with Gasteiger partial charge in [0.25, 0.3) is 0 Å². The van der Waals surface area contributed by atoms with Crippen molar-refractivity contribution in [3.05, 3.63) is 65.3 Å². The van der Waals surface area contributed by atoms with Gasteiger partial charge in [0.2, 0.25) is 0 Å². The molecule has 5 nitrogen and oxygen atoms in total. The summed E-state index contributed by atoms with van der Waals surface area (Å²) in [4.78, 5) is 23.4. The van der Waals surface area contributed by atoms with Crippen LogP contribution in [0.1, 0.15) is 63.5 Å². The minimum absolute atomic E-state index is 0.0423. The predicted molar refractivity (Wildman–Crippen MR) is 116 cm³/mol. The number of amides is 1. The van der Waals surface area contributed by atoms with Gasteiger partial charge in [0.15, 0.2) is 0 Å². The van der Waals surface area contributed by atoms with Gasteiger partial charge in [-0.15, -0.1) is 0 Å². The monoisotopic (exact) mass is 397 g/mol. The number of carboxylic acid groups (broad SMARTS) is 1.